The molecule has 1 heterocycles. The lowest BCUT2D eigenvalue weighted by atomic mass is 9.44. The van der Waals surface area contributed by atoms with E-state index in [2.05, 4.69) is 5.32 Å². The molecule has 12 atom stereocenters. The van der Waals surface area contributed by atoms with Crippen molar-refractivity contribution in [3.63, 3.8) is 0 Å². The van der Waals surface area contributed by atoms with E-state index >= 15 is 0 Å². The number of esters is 4. The molecule has 4 aliphatic rings. The Morgan fingerprint density at radius 3 is 2.12 bits per heavy atom. The van der Waals surface area contributed by atoms with Crippen molar-refractivity contribution in [1.82, 2.24) is 5.32 Å². The van der Waals surface area contributed by atoms with Crippen molar-refractivity contribution in [2.24, 2.45) is 22.7 Å². The first-order valence-electron chi connectivity index (χ1n) is 20.1. The van der Waals surface area contributed by atoms with E-state index in [1.165, 1.54) is 26.0 Å². The highest BCUT2D eigenvalue weighted by molar-refractivity contribution is 5.89. The van der Waals surface area contributed by atoms with Crippen LogP contribution in [0.25, 0.3) is 0 Å². The van der Waals surface area contributed by atoms with Crippen LogP contribution in [0.2, 0.25) is 0 Å². The second kappa shape index (κ2) is 16.4. The standard InChI is InChI=1S/C43H61NO15/c1-21(2)17-26(44-38(52)59-39(6,7)8)31(48)37(51)56-27-19-43(53)35(57-36(50)25-15-13-12-14-16-25)33-41(11,28(47)18-29-42(33,20-54-29)58-24(5)46)34(49)32(55-23(4)45)30(22(27)3)40(43,9)10/h12-16,21,26-29,31-35,47-49,53H,17-20H2,1-11H3,(H,44,52)/t26-,27-,28-,29+,31?,32-,33-,34-,35-,41+,42-,43+/m0/s1. The molecule has 5 rings (SSSR count). The minimum atomic E-state index is -2.33. The van der Waals surface area contributed by atoms with Crippen LogP contribution in [0.5, 0.6) is 0 Å². The van der Waals surface area contributed by atoms with Gasteiger partial charge >= 0.3 is 30.0 Å². The zero-order valence-corrected chi connectivity index (χ0v) is 35.8. The minimum absolute atomic E-state index is 0.0952. The van der Waals surface area contributed by atoms with Gasteiger partial charge in [0.25, 0.3) is 0 Å². The largest absolute Gasteiger partial charge is 0.456 e. The molecule has 1 aromatic carbocycles. The average Bonchev–Trinajstić information content (AvgIpc) is 3.11. The monoisotopic (exact) mass is 831 g/mol. The van der Waals surface area contributed by atoms with Gasteiger partial charge in [-0.3, -0.25) is 9.59 Å². The minimum Gasteiger partial charge on any atom is -0.456 e. The van der Waals surface area contributed by atoms with Crippen LogP contribution < -0.4 is 5.32 Å². The maximum absolute atomic E-state index is 14.2. The average molecular weight is 832 g/mol. The van der Waals surface area contributed by atoms with Gasteiger partial charge in [-0.2, -0.15) is 0 Å². The number of aliphatic hydroxyl groups excluding tert-OH is 3. The van der Waals surface area contributed by atoms with Crippen LogP contribution >= 0.6 is 0 Å². The molecule has 1 amide bonds. The van der Waals surface area contributed by atoms with E-state index in [1.54, 1.807) is 59.7 Å². The van der Waals surface area contributed by atoms with Crippen molar-refractivity contribution in [1.29, 1.82) is 0 Å². The molecule has 16 heteroatoms. The summed E-state index contributed by atoms with van der Waals surface area (Å²) < 4.78 is 35.7. The quantitative estimate of drug-likeness (QED) is 0.129. The van der Waals surface area contributed by atoms with Gasteiger partial charge in [0.05, 0.1) is 30.2 Å². The molecule has 5 N–H and O–H groups in total. The van der Waals surface area contributed by atoms with Crippen LogP contribution in [0.1, 0.15) is 106 Å². The fourth-order valence-electron chi connectivity index (χ4n) is 9.87. The van der Waals surface area contributed by atoms with Gasteiger partial charge in [-0.05, 0) is 63.3 Å². The number of rotatable bonds is 10. The van der Waals surface area contributed by atoms with Gasteiger partial charge in [-0.15, -0.1) is 0 Å². The second-order valence-electron chi connectivity index (χ2n) is 18.7. The van der Waals surface area contributed by atoms with E-state index in [4.69, 9.17) is 28.4 Å². The Balaban J connectivity index is 1.72. The summed E-state index contributed by atoms with van der Waals surface area (Å²) in [6, 6.07) is 6.75. The molecule has 0 spiro atoms. The molecule has 1 saturated heterocycles. The summed E-state index contributed by atoms with van der Waals surface area (Å²) >= 11 is 0. The maximum Gasteiger partial charge on any atom is 0.407 e. The molecule has 1 aromatic rings. The lowest BCUT2D eigenvalue weighted by Crippen LogP contribution is -2.82. The summed E-state index contributed by atoms with van der Waals surface area (Å²) in [5.41, 5.74) is -7.90. The normalized spacial score (nSPS) is 34.6. The van der Waals surface area contributed by atoms with Gasteiger partial charge in [0, 0.05) is 37.5 Å². The third kappa shape index (κ3) is 8.35. The zero-order chi connectivity index (χ0) is 44.2. The number of aliphatic hydroxyl groups is 4. The molecule has 0 radical (unpaired) electrons. The van der Waals surface area contributed by atoms with Crippen LogP contribution in [-0.4, -0.2) is 123 Å². The van der Waals surface area contributed by atoms with Crippen LogP contribution in [0.15, 0.2) is 41.5 Å². The van der Waals surface area contributed by atoms with Crippen LogP contribution in [0, 0.1) is 22.7 Å². The fourth-order valence-corrected chi connectivity index (χ4v) is 9.87. The molecule has 16 nitrogen and oxygen atoms in total. The van der Waals surface area contributed by atoms with Gasteiger partial charge in [-0.25, -0.2) is 14.4 Å². The lowest BCUT2D eigenvalue weighted by molar-refractivity contribution is -0.365. The molecule has 59 heavy (non-hydrogen) atoms. The van der Waals surface area contributed by atoms with E-state index in [-0.39, 0.29) is 42.1 Å². The number of alkyl carbamates (subject to hydrolysis) is 1. The number of fused-ring (bicyclic) bond motifs is 5. The fraction of sp³-hybridized carbons (Fsp3) is 0.698. The maximum atomic E-state index is 14.2. The van der Waals surface area contributed by atoms with E-state index in [1.807, 2.05) is 13.8 Å². The Morgan fingerprint density at radius 1 is 0.966 bits per heavy atom. The van der Waals surface area contributed by atoms with Gasteiger partial charge < -0.3 is 54.2 Å². The number of benzene rings is 1. The predicted octanol–water partition coefficient (Wildman–Crippen LogP) is 3.30. The van der Waals surface area contributed by atoms with E-state index in [0.717, 1.165) is 6.92 Å². The Morgan fingerprint density at radius 2 is 1.59 bits per heavy atom. The summed E-state index contributed by atoms with van der Waals surface area (Å²) in [6.07, 6.45) is -12.3. The smallest absolute Gasteiger partial charge is 0.407 e. The van der Waals surface area contributed by atoms with E-state index in [9.17, 15) is 44.4 Å². The van der Waals surface area contributed by atoms with Crippen LogP contribution in [0.3, 0.4) is 0 Å². The molecular formula is C43H61NO15. The van der Waals surface area contributed by atoms with Crippen LogP contribution in [0.4, 0.5) is 4.79 Å². The molecular weight excluding hydrogens is 770 g/mol. The third-order valence-corrected chi connectivity index (χ3v) is 12.7. The van der Waals surface area contributed by atoms with E-state index < -0.39 is 119 Å². The zero-order valence-electron chi connectivity index (χ0n) is 35.8. The molecule has 2 bridgehead atoms. The Labute approximate surface area is 344 Å². The predicted molar refractivity (Wildman–Crippen MR) is 208 cm³/mol. The van der Waals surface area contributed by atoms with Crippen molar-refractivity contribution in [2.45, 2.75) is 161 Å². The van der Waals surface area contributed by atoms with Crippen molar-refractivity contribution in [3.8, 4) is 0 Å². The number of amides is 1. The van der Waals surface area contributed by atoms with Gasteiger partial charge in [0.15, 0.2) is 17.8 Å². The first kappa shape index (κ1) is 46.0. The summed E-state index contributed by atoms with van der Waals surface area (Å²) in [7, 11) is 0. The molecule has 3 fully saturated rings. The Bertz CT molecular complexity index is 1820. The first-order chi connectivity index (χ1) is 27.2. The lowest BCUT2D eigenvalue weighted by Gasteiger charge is -2.69. The van der Waals surface area contributed by atoms with Crippen molar-refractivity contribution in [2.75, 3.05) is 6.61 Å². The number of carbonyl (C=O) groups excluding carboxylic acids is 5. The molecule has 328 valence electrons. The molecule has 2 saturated carbocycles. The highest BCUT2D eigenvalue weighted by Gasteiger charge is 2.78. The third-order valence-electron chi connectivity index (χ3n) is 12.7. The number of hydrogen-bond donors (Lipinski definition) is 5. The summed E-state index contributed by atoms with van der Waals surface area (Å²) in [5, 5.41) is 52.5. The summed E-state index contributed by atoms with van der Waals surface area (Å²) in [5.74, 6) is -5.21. The van der Waals surface area contributed by atoms with Gasteiger partial charge in [0.2, 0.25) is 0 Å². The SMILES string of the molecule is CC(=O)O[C@H]1C2=C(C)[C@@H](OC(=O)C(O)[C@H](CC(C)C)NC(=O)OC(C)(C)C)C[C@@](O)([C@@H](OC(=O)c3ccccc3)[C@@H]3[C@]4(OC(C)=O)CO[C@@H]4C[C@H](O)[C@@]3(C)[C@H]1O)C2(C)C. The Kier molecular flexibility index (Phi) is 12.8. The van der Waals surface area contributed by atoms with E-state index in [0.29, 0.717) is 0 Å². The first-order valence-corrected chi connectivity index (χ1v) is 20.1. The topological polar surface area (TPSA) is 234 Å². The number of carbonyl (C=O) groups is 5. The highest BCUT2D eigenvalue weighted by atomic mass is 16.6. The number of nitrogens with one attached hydrogen (secondary N) is 1. The van der Waals surface area contributed by atoms with Crippen molar-refractivity contribution >= 4 is 30.0 Å². The summed E-state index contributed by atoms with van der Waals surface area (Å²) in [4.78, 5) is 67.0. The Hall–Kier alpha value is -4.09. The van der Waals surface area contributed by atoms with Crippen LogP contribution in [-0.2, 0) is 42.8 Å². The molecule has 3 aliphatic carbocycles. The van der Waals surface area contributed by atoms with Crippen molar-refractivity contribution < 1.29 is 72.8 Å². The second-order valence-corrected chi connectivity index (χ2v) is 18.7. The summed E-state index contributed by atoms with van der Waals surface area (Å²) in [6.45, 7) is 16.9. The molecule has 0 aromatic heterocycles. The molecule has 1 unspecified atom stereocenters. The van der Waals surface area contributed by atoms with Gasteiger partial charge in [-0.1, -0.05) is 52.8 Å². The van der Waals surface area contributed by atoms with Crippen molar-refractivity contribution in [3.05, 3.63) is 47.0 Å². The highest BCUT2D eigenvalue weighted by Crippen LogP contribution is 2.65. The van der Waals surface area contributed by atoms with Gasteiger partial charge in [0.1, 0.15) is 35.6 Å². The number of hydrogen-bond acceptors (Lipinski definition) is 15. The molecule has 1 aliphatic heterocycles. The number of ether oxygens (including phenoxy) is 6.